The Balaban J connectivity index is 1.65. The van der Waals surface area contributed by atoms with Crippen molar-refractivity contribution in [3.05, 3.63) is 66.0 Å². The van der Waals surface area contributed by atoms with Crippen molar-refractivity contribution in [3.63, 3.8) is 0 Å². The van der Waals surface area contributed by atoms with E-state index in [1.165, 1.54) is 11.1 Å². The van der Waals surface area contributed by atoms with E-state index in [9.17, 15) is 0 Å². The highest BCUT2D eigenvalue weighted by Gasteiger charge is 1.98. The molecule has 0 aliphatic carbocycles. The zero-order chi connectivity index (χ0) is 13.8. The van der Waals surface area contributed by atoms with Crippen LogP contribution < -0.4 is 5.32 Å². The summed E-state index contributed by atoms with van der Waals surface area (Å²) in [6.07, 6.45) is 1.58. The monoisotopic (exact) mass is 265 g/mol. The SMILES string of the molecule is Cc1ccc(CNc2ccc(-n3cnnn3)cc2)cc1. The number of anilines is 1. The average Bonchev–Trinajstić information content (AvgIpc) is 3.01. The van der Waals surface area contributed by atoms with Crippen LogP contribution in [0.25, 0.3) is 5.69 Å². The predicted molar refractivity (Wildman–Crippen MR) is 77.7 cm³/mol. The van der Waals surface area contributed by atoms with Gasteiger partial charge in [0.1, 0.15) is 6.33 Å². The van der Waals surface area contributed by atoms with Crippen LogP contribution in [-0.2, 0) is 6.54 Å². The smallest absolute Gasteiger partial charge is 0.143 e. The molecule has 1 heterocycles. The van der Waals surface area contributed by atoms with Crippen molar-refractivity contribution in [1.29, 1.82) is 0 Å². The molecule has 3 aromatic rings. The molecule has 1 N–H and O–H groups in total. The van der Waals surface area contributed by atoms with Crippen molar-refractivity contribution in [1.82, 2.24) is 20.2 Å². The topological polar surface area (TPSA) is 55.6 Å². The Kier molecular flexibility index (Phi) is 3.41. The number of nitrogens with one attached hydrogen (secondary N) is 1. The van der Waals surface area contributed by atoms with E-state index >= 15 is 0 Å². The first-order valence-corrected chi connectivity index (χ1v) is 6.44. The molecule has 0 unspecified atom stereocenters. The summed E-state index contributed by atoms with van der Waals surface area (Å²) in [7, 11) is 0. The molecule has 5 heteroatoms. The molecule has 0 aliphatic rings. The molecule has 0 fully saturated rings. The summed E-state index contributed by atoms with van der Waals surface area (Å²) in [6, 6.07) is 16.5. The standard InChI is InChI=1S/C15H15N5/c1-12-2-4-13(5-3-12)10-16-14-6-8-15(9-7-14)20-11-17-18-19-20/h2-9,11,16H,10H2,1H3. The van der Waals surface area contributed by atoms with Gasteiger partial charge in [0, 0.05) is 12.2 Å². The number of aromatic nitrogens is 4. The molecule has 0 amide bonds. The number of benzene rings is 2. The fourth-order valence-corrected chi connectivity index (χ4v) is 1.92. The second kappa shape index (κ2) is 5.52. The lowest BCUT2D eigenvalue weighted by molar-refractivity contribution is 0.789. The molecule has 0 aliphatic heterocycles. The molecule has 2 aromatic carbocycles. The number of aryl methyl sites for hydroxylation is 1. The minimum absolute atomic E-state index is 0.810. The van der Waals surface area contributed by atoms with E-state index in [4.69, 9.17) is 0 Å². The van der Waals surface area contributed by atoms with Crippen molar-refractivity contribution in [3.8, 4) is 5.69 Å². The first-order valence-electron chi connectivity index (χ1n) is 6.44. The highest BCUT2D eigenvalue weighted by Crippen LogP contribution is 2.13. The molecule has 5 nitrogen and oxygen atoms in total. The molecule has 0 saturated heterocycles. The van der Waals surface area contributed by atoms with E-state index < -0.39 is 0 Å². The predicted octanol–water partition coefficient (Wildman–Crippen LogP) is 2.58. The van der Waals surface area contributed by atoms with Crippen LogP contribution in [0.4, 0.5) is 5.69 Å². The Hall–Kier alpha value is -2.69. The van der Waals surface area contributed by atoms with Gasteiger partial charge in [-0.1, -0.05) is 29.8 Å². The van der Waals surface area contributed by atoms with Gasteiger partial charge in [0.25, 0.3) is 0 Å². The molecule has 0 radical (unpaired) electrons. The van der Waals surface area contributed by atoms with Crippen LogP contribution in [0.3, 0.4) is 0 Å². The first kappa shape index (κ1) is 12.3. The third-order valence-electron chi connectivity index (χ3n) is 3.10. The Morgan fingerprint density at radius 3 is 2.40 bits per heavy atom. The average molecular weight is 265 g/mol. The number of hydrogen-bond acceptors (Lipinski definition) is 4. The summed E-state index contributed by atoms with van der Waals surface area (Å²) in [6.45, 7) is 2.90. The first-order chi connectivity index (χ1) is 9.81. The number of hydrogen-bond donors (Lipinski definition) is 1. The summed E-state index contributed by atoms with van der Waals surface area (Å²) in [5, 5.41) is 14.5. The van der Waals surface area contributed by atoms with Crippen LogP contribution in [0.1, 0.15) is 11.1 Å². The number of rotatable bonds is 4. The second-order valence-corrected chi connectivity index (χ2v) is 4.64. The normalized spacial score (nSPS) is 10.4. The van der Waals surface area contributed by atoms with Crippen molar-refractivity contribution in [2.24, 2.45) is 0 Å². The Labute approximate surface area is 117 Å². The van der Waals surface area contributed by atoms with Gasteiger partial charge in [-0.05, 0) is 47.2 Å². The van der Waals surface area contributed by atoms with Crippen molar-refractivity contribution < 1.29 is 0 Å². The van der Waals surface area contributed by atoms with Crippen LogP contribution in [-0.4, -0.2) is 20.2 Å². The number of nitrogens with zero attached hydrogens (tertiary/aromatic N) is 4. The molecule has 3 rings (SSSR count). The van der Waals surface area contributed by atoms with E-state index in [-0.39, 0.29) is 0 Å². The van der Waals surface area contributed by atoms with Crippen molar-refractivity contribution in [2.75, 3.05) is 5.32 Å². The van der Waals surface area contributed by atoms with E-state index in [0.29, 0.717) is 0 Å². The molecule has 0 atom stereocenters. The van der Waals surface area contributed by atoms with Gasteiger partial charge in [0.05, 0.1) is 5.69 Å². The molecule has 0 spiro atoms. The Bertz CT molecular complexity index is 656. The maximum atomic E-state index is 3.85. The van der Waals surface area contributed by atoms with E-state index in [1.54, 1.807) is 11.0 Å². The van der Waals surface area contributed by atoms with Crippen LogP contribution in [0.15, 0.2) is 54.9 Å². The summed E-state index contributed by atoms with van der Waals surface area (Å²) in [5.41, 5.74) is 4.55. The summed E-state index contributed by atoms with van der Waals surface area (Å²) in [4.78, 5) is 0. The van der Waals surface area contributed by atoms with Crippen molar-refractivity contribution in [2.45, 2.75) is 13.5 Å². The summed E-state index contributed by atoms with van der Waals surface area (Å²) in [5.74, 6) is 0. The van der Waals surface area contributed by atoms with Gasteiger partial charge in [-0.25, -0.2) is 4.68 Å². The largest absolute Gasteiger partial charge is 0.381 e. The maximum Gasteiger partial charge on any atom is 0.143 e. The van der Waals surface area contributed by atoms with Crippen molar-refractivity contribution >= 4 is 5.69 Å². The number of tetrazole rings is 1. The van der Waals surface area contributed by atoms with E-state index in [1.807, 2.05) is 24.3 Å². The zero-order valence-corrected chi connectivity index (χ0v) is 11.2. The zero-order valence-electron chi connectivity index (χ0n) is 11.2. The van der Waals surface area contributed by atoms with Gasteiger partial charge < -0.3 is 5.32 Å². The fourth-order valence-electron chi connectivity index (χ4n) is 1.92. The summed E-state index contributed by atoms with van der Waals surface area (Å²) >= 11 is 0. The molecule has 100 valence electrons. The third kappa shape index (κ3) is 2.83. The highest BCUT2D eigenvalue weighted by molar-refractivity contribution is 5.48. The van der Waals surface area contributed by atoms with Crippen LogP contribution in [0, 0.1) is 6.92 Å². The van der Waals surface area contributed by atoms with Gasteiger partial charge in [-0.3, -0.25) is 0 Å². The maximum absolute atomic E-state index is 3.85. The van der Waals surface area contributed by atoms with Gasteiger partial charge in [-0.15, -0.1) is 5.10 Å². The Morgan fingerprint density at radius 1 is 1.00 bits per heavy atom. The molecule has 20 heavy (non-hydrogen) atoms. The van der Waals surface area contributed by atoms with Crippen LogP contribution in [0.2, 0.25) is 0 Å². The molecule has 0 bridgehead atoms. The van der Waals surface area contributed by atoms with Crippen LogP contribution in [0.5, 0.6) is 0 Å². The quantitative estimate of drug-likeness (QED) is 0.787. The molecule has 1 aromatic heterocycles. The third-order valence-corrected chi connectivity index (χ3v) is 3.10. The molecular formula is C15H15N5. The van der Waals surface area contributed by atoms with Crippen LogP contribution >= 0.6 is 0 Å². The van der Waals surface area contributed by atoms with Gasteiger partial charge in [0.15, 0.2) is 0 Å². The van der Waals surface area contributed by atoms with Gasteiger partial charge in [0.2, 0.25) is 0 Å². The second-order valence-electron chi connectivity index (χ2n) is 4.64. The van der Waals surface area contributed by atoms with Gasteiger partial charge >= 0.3 is 0 Å². The summed E-state index contributed by atoms with van der Waals surface area (Å²) < 4.78 is 1.63. The van der Waals surface area contributed by atoms with E-state index in [2.05, 4.69) is 52.0 Å². The van der Waals surface area contributed by atoms with E-state index in [0.717, 1.165) is 17.9 Å². The lowest BCUT2D eigenvalue weighted by Gasteiger charge is -2.07. The van der Waals surface area contributed by atoms with Gasteiger partial charge in [-0.2, -0.15) is 0 Å². The molecular weight excluding hydrogens is 250 g/mol. The minimum atomic E-state index is 0.810. The lowest BCUT2D eigenvalue weighted by atomic mass is 10.1. The minimum Gasteiger partial charge on any atom is -0.381 e. The molecule has 0 saturated carbocycles. The lowest BCUT2D eigenvalue weighted by Crippen LogP contribution is -2.00. The highest BCUT2D eigenvalue weighted by atomic mass is 15.5. The Morgan fingerprint density at radius 2 is 1.75 bits per heavy atom. The fraction of sp³-hybridized carbons (Fsp3) is 0.133.